The third-order valence-corrected chi connectivity index (χ3v) is 6.33. The van der Waals surface area contributed by atoms with Gasteiger partial charge in [0.1, 0.15) is 6.23 Å². The molecule has 5 heteroatoms. The first kappa shape index (κ1) is 18.2. The molecular weight excluding hydrogens is 304 g/mol. The van der Waals surface area contributed by atoms with Gasteiger partial charge >= 0.3 is 5.97 Å². The number of rotatable bonds is 5. The number of carbonyl (C=O) groups is 1. The van der Waals surface area contributed by atoms with Crippen molar-refractivity contribution in [3.05, 3.63) is 0 Å². The lowest BCUT2D eigenvalue weighted by Crippen LogP contribution is -2.44. The zero-order chi connectivity index (χ0) is 17.1. The molecule has 4 atom stereocenters. The van der Waals surface area contributed by atoms with Crippen molar-refractivity contribution in [2.24, 2.45) is 29.6 Å². The van der Waals surface area contributed by atoms with E-state index in [1.807, 2.05) is 0 Å². The molecule has 3 rings (SSSR count). The zero-order valence-corrected chi connectivity index (χ0v) is 15.2. The van der Waals surface area contributed by atoms with E-state index in [9.17, 15) is 9.90 Å². The van der Waals surface area contributed by atoms with Crippen LogP contribution in [-0.2, 0) is 9.63 Å². The number of aliphatic carboxylic acids is 1. The molecule has 4 unspecified atom stereocenters. The highest BCUT2D eigenvalue weighted by molar-refractivity contribution is 5.70. The quantitative estimate of drug-likeness (QED) is 0.715. The zero-order valence-electron chi connectivity index (χ0n) is 15.2. The van der Waals surface area contributed by atoms with Gasteiger partial charge in [-0.05, 0) is 56.3 Å². The maximum absolute atomic E-state index is 11.3. The number of nitrogens with one attached hydrogen (secondary N) is 2. The summed E-state index contributed by atoms with van der Waals surface area (Å²) in [6.45, 7) is 4.63. The highest BCUT2D eigenvalue weighted by Crippen LogP contribution is 2.37. The van der Waals surface area contributed by atoms with Crippen molar-refractivity contribution in [2.75, 3.05) is 0 Å². The van der Waals surface area contributed by atoms with Gasteiger partial charge in [-0.15, -0.1) is 0 Å². The van der Waals surface area contributed by atoms with Gasteiger partial charge in [-0.1, -0.05) is 33.1 Å². The van der Waals surface area contributed by atoms with E-state index in [1.54, 1.807) is 0 Å². The van der Waals surface area contributed by atoms with Crippen LogP contribution < -0.4 is 10.8 Å². The molecule has 0 amide bonds. The van der Waals surface area contributed by atoms with Gasteiger partial charge in [-0.3, -0.25) is 14.9 Å². The molecule has 3 N–H and O–H groups in total. The molecule has 0 aromatic heterocycles. The number of carboxylic acid groups (broad SMARTS) is 1. The van der Waals surface area contributed by atoms with Crippen LogP contribution >= 0.6 is 0 Å². The summed E-state index contributed by atoms with van der Waals surface area (Å²) in [5.41, 5.74) is 3.17. The molecule has 0 bridgehead atoms. The van der Waals surface area contributed by atoms with Crippen molar-refractivity contribution in [3.63, 3.8) is 0 Å². The van der Waals surface area contributed by atoms with Crippen molar-refractivity contribution in [3.8, 4) is 0 Å². The molecule has 5 nitrogen and oxygen atoms in total. The molecule has 24 heavy (non-hydrogen) atoms. The predicted molar refractivity (Wildman–Crippen MR) is 92.9 cm³/mol. The molecular formula is C19H34N2O3. The fourth-order valence-electron chi connectivity index (χ4n) is 5.00. The summed E-state index contributed by atoms with van der Waals surface area (Å²) in [6, 6.07) is 0. The van der Waals surface area contributed by atoms with Crippen molar-refractivity contribution in [2.45, 2.75) is 84.0 Å². The summed E-state index contributed by atoms with van der Waals surface area (Å²) in [4.78, 5) is 17.1. The Bertz CT molecular complexity index is 421. The molecule has 1 saturated heterocycles. The molecule has 138 valence electrons. The molecule has 2 aliphatic carbocycles. The molecule has 0 aromatic rings. The molecule has 2 saturated carbocycles. The predicted octanol–water partition coefficient (Wildman–Crippen LogP) is 3.51. The lowest BCUT2D eigenvalue weighted by atomic mass is 9.77. The van der Waals surface area contributed by atoms with E-state index in [2.05, 4.69) is 24.6 Å². The van der Waals surface area contributed by atoms with Gasteiger partial charge < -0.3 is 5.11 Å². The van der Waals surface area contributed by atoms with Crippen LogP contribution in [0.25, 0.3) is 0 Å². The summed E-state index contributed by atoms with van der Waals surface area (Å²) in [7, 11) is 0. The van der Waals surface area contributed by atoms with Crippen LogP contribution in [0.15, 0.2) is 0 Å². The molecule has 3 aliphatic rings. The van der Waals surface area contributed by atoms with E-state index >= 15 is 0 Å². The second kappa shape index (κ2) is 8.15. The summed E-state index contributed by atoms with van der Waals surface area (Å²) in [6.07, 6.45) is 10.4. The average Bonchev–Trinajstić information content (AvgIpc) is 3.05. The van der Waals surface area contributed by atoms with E-state index in [-0.39, 0.29) is 18.3 Å². The first-order valence-corrected chi connectivity index (χ1v) is 9.93. The van der Waals surface area contributed by atoms with Gasteiger partial charge in [0.05, 0.1) is 12.1 Å². The van der Waals surface area contributed by atoms with Crippen LogP contribution in [-0.4, -0.2) is 23.5 Å². The maximum atomic E-state index is 11.3. The summed E-state index contributed by atoms with van der Waals surface area (Å²) in [5, 5.41) is 12.9. The number of hydrogen-bond donors (Lipinski definition) is 3. The molecule has 0 radical (unpaired) electrons. The first-order chi connectivity index (χ1) is 11.5. The van der Waals surface area contributed by atoms with E-state index in [0.29, 0.717) is 11.8 Å². The van der Waals surface area contributed by atoms with Gasteiger partial charge in [0.15, 0.2) is 0 Å². The van der Waals surface area contributed by atoms with Crippen molar-refractivity contribution in [1.29, 1.82) is 0 Å². The fourth-order valence-corrected chi connectivity index (χ4v) is 5.00. The third-order valence-electron chi connectivity index (χ3n) is 6.33. The van der Waals surface area contributed by atoms with Gasteiger partial charge in [0.25, 0.3) is 0 Å². The highest BCUT2D eigenvalue weighted by Gasteiger charge is 2.39. The molecule has 3 fully saturated rings. The van der Waals surface area contributed by atoms with E-state index < -0.39 is 5.97 Å². The topological polar surface area (TPSA) is 70.6 Å². The Labute approximate surface area is 145 Å². The Balaban J connectivity index is 1.45. The van der Waals surface area contributed by atoms with E-state index in [0.717, 1.165) is 37.5 Å². The second-order valence-corrected chi connectivity index (χ2v) is 8.67. The van der Waals surface area contributed by atoms with Gasteiger partial charge in [-0.25, -0.2) is 0 Å². The van der Waals surface area contributed by atoms with E-state index in [4.69, 9.17) is 4.84 Å². The Kier molecular flexibility index (Phi) is 6.17. The second-order valence-electron chi connectivity index (χ2n) is 8.67. The molecule has 1 aliphatic heterocycles. The van der Waals surface area contributed by atoms with Crippen LogP contribution in [0.2, 0.25) is 0 Å². The fraction of sp³-hybridized carbons (Fsp3) is 0.947. The van der Waals surface area contributed by atoms with Crippen LogP contribution in [0, 0.1) is 29.6 Å². The lowest BCUT2D eigenvalue weighted by molar-refractivity contribution is -0.143. The van der Waals surface area contributed by atoms with Crippen LogP contribution in [0.5, 0.6) is 0 Å². The Morgan fingerprint density at radius 3 is 2.54 bits per heavy atom. The van der Waals surface area contributed by atoms with Gasteiger partial charge in [0.2, 0.25) is 0 Å². The molecule has 0 spiro atoms. The molecule has 1 heterocycles. The average molecular weight is 338 g/mol. The monoisotopic (exact) mass is 338 g/mol. The number of hydrogen-bond acceptors (Lipinski definition) is 4. The number of hydroxylamine groups is 1. The smallest absolute Gasteiger partial charge is 0.306 e. The Morgan fingerprint density at radius 2 is 1.88 bits per heavy atom. The minimum Gasteiger partial charge on any atom is -0.481 e. The Morgan fingerprint density at radius 1 is 1.12 bits per heavy atom. The van der Waals surface area contributed by atoms with Crippen molar-refractivity contribution < 1.29 is 14.7 Å². The van der Waals surface area contributed by atoms with E-state index in [1.165, 1.54) is 32.1 Å². The van der Waals surface area contributed by atoms with Crippen molar-refractivity contribution in [1.82, 2.24) is 10.8 Å². The minimum absolute atomic E-state index is 0.0974. The number of carboxylic acids is 1. The van der Waals surface area contributed by atoms with Gasteiger partial charge in [-0.2, -0.15) is 5.48 Å². The lowest BCUT2D eigenvalue weighted by Gasteiger charge is -2.33. The summed E-state index contributed by atoms with van der Waals surface area (Å²) >= 11 is 0. The van der Waals surface area contributed by atoms with Crippen LogP contribution in [0.3, 0.4) is 0 Å². The normalized spacial score (nSPS) is 40.8. The van der Waals surface area contributed by atoms with Crippen molar-refractivity contribution >= 4 is 5.97 Å². The minimum atomic E-state index is -0.640. The largest absolute Gasteiger partial charge is 0.481 e. The molecule has 0 aromatic carbocycles. The standard InChI is InChI=1S/C19H34N2O3/c1-12(2)10-13-6-8-14(9-7-13)18-20-17(21-24-18)15-4-3-5-16(11-15)19(22)23/h12-18,20-21H,3-11H2,1-2H3,(H,22,23). The SMILES string of the molecule is CC(C)CC1CCC(C2NC(C3CCCC(C(=O)O)C3)NO2)CC1. The van der Waals surface area contributed by atoms with Crippen LogP contribution in [0.1, 0.15) is 71.6 Å². The van der Waals surface area contributed by atoms with Gasteiger partial charge in [0, 0.05) is 5.92 Å². The van der Waals surface area contributed by atoms with Crippen LogP contribution in [0.4, 0.5) is 0 Å². The summed E-state index contributed by atoms with van der Waals surface area (Å²) < 4.78 is 0. The maximum Gasteiger partial charge on any atom is 0.306 e. The first-order valence-electron chi connectivity index (χ1n) is 9.93. The third kappa shape index (κ3) is 4.50. The summed E-state index contributed by atoms with van der Waals surface area (Å²) in [5.74, 6) is 1.82. The highest BCUT2D eigenvalue weighted by atomic mass is 16.7. The Hall–Kier alpha value is -0.650.